The van der Waals surface area contributed by atoms with Crippen LogP contribution in [-0.2, 0) is 15.4 Å². The minimum Gasteiger partial charge on any atom is -0.334 e. The number of rotatable bonds is 4. The number of aromatic nitrogens is 2. The average Bonchev–Trinajstić information content (AvgIpc) is 3.24. The van der Waals surface area contributed by atoms with Gasteiger partial charge in [0.2, 0.25) is 15.8 Å². The molecule has 0 aliphatic carbocycles. The Balaban J connectivity index is 1.54. The maximum absolute atomic E-state index is 12.8. The van der Waals surface area contributed by atoms with E-state index in [-0.39, 0.29) is 5.41 Å². The van der Waals surface area contributed by atoms with E-state index in [4.69, 9.17) is 4.52 Å². The van der Waals surface area contributed by atoms with Crippen LogP contribution < -0.4 is 0 Å². The van der Waals surface area contributed by atoms with Gasteiger partial charge in [0.15, 0.2) is 0 Å². The Morgan fingerprint density at radius 1 is 0.867 bits per heavy atom. The molecule has 3 aromatic rings. The van der Waals surface area contributed by atoms with Gasteiger partial charge < -0.3 is 4.52 Å². The quantitative estimate of drug-likeness (QED) is 0.596. The number of sulfonamides is 1. The molecule has 0 spiro atoms. The standard InChI is InChI=1S/C23H27N3O3S/c1-23(2,3)19-11-7-18(8-12-19)22-24-21(25-29-22)17-9-13-20(14-10-17)30(27,28)26-15-5-4-6-16-26/h7-14H,4-6,15-16H2,1-3H3. The van der Waals surface area contributed by atoms with Gasteiger partial charge in [-0.05, 0) is 60.2 Å². The zero-order valence-corrected chi connectivity index (χ0v) is 18.4. The van der Waals surface area contributed by atoms with Crippen molar-refractivity contribution < 1.29 is 12.9 Å². The summed E-state index contributed by atoms with van der Waals surface area (Å²) in [5, 5.41) is 4.07. The summed E-state index contributed by atoms with van der Waals surface area (Å²) >= 11 is 0. The van der Waals surface area contributed by atoms with Gasteiger partial charge in [-0.15, -0.1) is 0 Å². The van der Waals surface area contributed by atoms with E-state index >= 15 is 0 Å². The Hall–Kier alpha value is -2.51. The van der Waals surface area contributed by atoms with Crippen LogP contribution in [0.5, 0.6) is 0 Å². The molecule has 0 saturated carbocycles. The molecule has 0 amide bonds. The molecule has 0 bridgehead atoms. The van der Waals surface area contributed by atoms with Gasteiger partial charge in [0.25, 0.3) is 5.89 Å². The summed E-state index contributed by atoms with van der Waals surface area (Å²) in [5.74, 6) is 0.877. The second-order valence-corrected chi connectivity index (χ2v) is 10.7. The molecule has 2 heterocycles. The summed E-state index contributed by atoms with van der Waals surface area (Å²) in [7, 11) is -3.45. The topological polar surface area (TPSA) is 76.3 Å². The van der Waals surface area contributed by atoms with Crippen LogP contribution in [0.1, 0.15) is 45.6 Å². The fraction of sp³-hybridized carbons (Fsp3) is 0.391. The smallest absolute Gasteiger partial charge is 0.258 e. The molecule has 0 unspecified atom stereocenters. The van der Waals surface area contributed by atoms with E-state index in [1.165, 1.54) is 5.56 Å². The van der Waals surface area contributed by atoms with Crippen LogP contribution >= 0.6 is 0 Å². The van der Waals surface area contributed by atoms with Gasteiger partial charge in [-0.25, -0.2) is 8.42 Å². The molecule has 30 heavy (non-hydrogen) atoms. The molecule has 2 aromatic carbocycles. The van der Waals surface area contributed by atoms with Gasteiger partial charge in [0, 0.05) is 24.2 Å². The van der Waals surface area contributed by atoms with Gasteiger partial charge in [0.05, 0.1) is 4.90 Å². The van der Waals surface area contributed by atoms with E-state index in [0.717, 1.165) is 24.8 Å². The number of benzene rings is 2. The lowest BCUT2D eigenvalue weighted by molar-refractivity contribution is 0.346. The van der Waals surface area contributed by atoms with Crippen LogP contribution in [-0.4, -0.2) is 36.0 Å². The average molecular weight is 426 g/mol. The predicted molar refractivity (Wildman–Crippen MR) is 116 cm³/mol. The van der Waals surface area contributed by atoms with E-state index < -0.39 is 10.0 Å². The number of hydrogen-bond donors (Lipinski definition) is 0. The minimum absolute atomic E-state index is 0.0782. The van der Waals surface area contributed by atoms with Gasteiger partial charge in [-0.3, -0.25) is 0 Å². The van der Waals surface area contributed by atoms with Crippen LogP contribution in [0.4, 0.5) is 0 Å². The normalized spacial score (nSPS) is 16.0. The van der Waals surface area contributed by atoms with Gasteiger partial charge in [-0.1, -0.05) is 44.5 Å². The number of hydrogen-bond acceptors (Lipinski definition) is 5. The molecule has 1 aromatic heterocycles. The molecule has 1 saturated heterocycles. The third-order valence-electron chi connectivity index (χ3n) is 5.49. The highest BCUT2D eigenvalue weighted by molar-refractivity contribution is 7.89. The Labute approximate surface area is 178 Å². The molecule has 0 atom stereocenters. The first-order valence-corrected chi connectivity index (χ1v) is 11.7. The summed E-state index contributed by atoms with van der Waals surface area (Å²) in [6.45, 7) is 7.68. The summed E-state index contributed by atoms with van der Waals surface area (Å²) in [5.41, 5.74) is 2.88. The molecular formula is C23H27N3O3S. The van der Waals surface area contributed by atoms with E-state index in [0.29, 0.717) is 35.3 Å². The summed E-state index contributed by atoms with van der Waals surface area (Å²) < 4.78 is 32.6. The highest BCUT2D eigenvalue weighted by Gasteiger charge is 2.26. The van der Waals surface area contributed by atoms with Crippen LogP contribution in [0, 0.1) is 0 Å². The Morgan fingerprint density at radius 2 is 1.47 bits per heavy atom. The first-order valence-electron chi connectivity index (χ1n) is 10.3. The lowest BCUT2D eigenvalue weighted by Crippen LogP contribution is -2.35. The van der Waals surface area contributed by atoms with Crippen molar-refractivity contribution in [3.05, 3.63) is 54.1 Å². The SMILES string of the molecule is CC(C)(C)c1ccc(-c2nc(-c3ccc(S(=O)(=O)N4CCCCC4)cc3)no2)cc1. The van der Waals surface area contributed by atoms with Crippen molar-refractivity contribution in [2.24, 2.45) is 0 Å². The summed E-state index contributed by atoms with van der Waals surface area (Å²) in [6, 6.07) is 14.8. The number of piperidine rings is 1. The van der Waals surface area contributed by atoms with Crippen LogP contribution in [0.15, 0.2) is 57.9 Å². The Morgan fingerprint density at radius 3 is 2.07 bits per heavy atom. The van der Waals surface area contributed by atoms with Crippen molar-refractivity contribution >= 4 is 10.0 Å². The highest BCUT2D eigenvalue weighted by Crippen LogP contribution is 2.28. The molecule has 6 nitrogen and oxygen atoms in total. The second-order valence-electron chi connectivity index (χ2n) is 8.74. The van der Waals surface area contributed by atoms with Crippen LogP contribution in [0.25, 0.3) is 22.8 Å². The monoisotopic (exact) mass is 425 g/mol. The Bertz CT molecular complexity index is 1110. The summed E-state index contributed by atoms with van der Waals surface area (Å²) in [6.07, 6.45) is 2.92. The lowest BCUT2D eigenvalue weighted by Gasteiger charge is -2.25. The third-order valence-corrected chi connectivity index (χ3v) is 7.40. The molecular weight excluding hydrogens is 398 g/mol. The minimum atomic E-state index is -3.45. The van der Waals surface area contributed by atoms with Crippen molar-refractivity contribution in [1.29, 1.82) is 0 Å². The third kappa shape index (κ3) is 4.18. The summed E-state index contributed by atoms with van der Waals surface area (Å²) in [4.78, 5) is 4.79. The largest absolute Gasteiger partial charge is 0.334 e. The molecule has 0 radical (unpaired) electrons. The van der Waals surface area contributed by atoms with Gasteiger partial charge in [-0.2, -0.15) is 9.29 Å². The molecule has 0 N–H and O–H groups in total. The molecule has 158 valence electrons. The van der Waals surface area contributed by atoms with Gasteiger partial charge in [0.1, 0.15) is 0 Å². The molecule has 1 fully saturated rings. The van der Waals surface area contributed by atoms with E-state index in [1.54, 1.807) is 28.6 Å². The van der Waals surface area contributed by atoms with Gasteiger partial charge >= 0.3 is 0 Å². The van der Waals surface area contributed by atoms with Crippen molar-refractivity contribution in [2.75, 3.05) is 13.1 Å². The van der Waals surface area contributed by atoms with Crippen molar-refractivity contribution in [1.82, 2.24) is 14.4 Å². The predicted octanol–water partition coefficient (Wildman–Crippen LogP) is 4.88. The van der Waals surface area contributed by atoms with Crippen molar-refractivity contribution in [3.8, 4) is 22.8 Å². The fourth-order valence-electron chi connectivity index (χ4n) is 3.60. The van der Waals surface area contributed by atoms with E-state index in [1.807, 2.05) is 12.1 Å². The van der Waals surface area contributed by atoms with E-state index in [9.17, 15) is 8.42 Å². The molecule has 7 heteroatoms. The van der Waals surface area contributed by atoms with Crippen molar-refractivity contribution in [3.63, 3.8) is 0 Å². The fourth-order valence-corrected chi connectivity index (χ4v) is 5.12. The molecule has 4 rings (SSSR count). The number of nitrogens with zero attached hydrogens (tertiary/aromatic N) is 3. The maximum atomic E-state index is 12.8. The van der Waals surface area contributed by atoms with Crippen molar-refractivity contribution in [2.45, 2.75) is 50.3 Å². The molecule has 1 aliphatic heterocycles. The van der Waals surface area contributed by atoms with Crippen LogP contribution in [0.2, 0.25) is 0 Å². The zero-order chi connectivity index (χ0) is 21.4. The Kier molecular flexibility index (Phi) is 5.51. The second kappa shape index (κ2) is 7.96. The van der Waals surface area contributed by atoms with E-state index in [2.05, 4.69) is 43.0 Å². The van der Waals surface area contributed by atoms with Crippen LogP contribution in [0.3, 0.4) is 0 Å². The lowest BCUT2D eigenvalue weighted by atomic mass is 9.87. The zero-order valence-electron chi connectivity index (χ0n) is 17.6. The maximum Gasteiger partial charge on any atom is 0.258 e. The molecule has 1 aliphatic rings. The first kappa shape index (κ1) is 20.8. The highest BCUT2D eigenvalue weighted by atomic mass is 32.2. The first-order chi connectivity index (χ1) is 14.2.